The van der Waals surface area contributed by atoms with E-state index in [-0.39, 0.29) is 16.9 Å². The maximum absolute atomic E-state index is 13.3. The van der Waals surface area contributed by atoms with E-state index in [1.54, 1.807) is 6.07 Å². The molecule has 1 N–H and O–H groups in total. The minimum Gasteiger partial charge on any atom is -0.307 e. The molecule has 0 heterocycles. The monoisotopic (exact) mass is 243 g/mol. The zero-order valence-corrected chi connectivity index (χ0v) is 11.0. The van der Waals surface area contributed by atoms with E-state index in [1.165, 1.54) is 6.07 Å². The van der Waals surface area contributed by atoms with Crippen LogP contribution in [-0.4, -0.2) is 6.04 Å². The van der Waals surface area contributed by atoms with Crippen LogP contribution >= 0.6 is 11.6 Å². The van der Waals surface area contributed by atoms with Gasteiger partial charge in [0.2, 0.25) is 0 Å². The number of hydrogen-bond acceptors (Lipinski definition) is 1. The molecule has 0 amide bonds. The normalized spacial score (nSPS) is 15.2. The average molecular weight is 244 g/mol. The molecule has 0 aromatic heterocycles. The summed E-state index contributed by atoms with van der Waals surface area (Å²) in [5.74, 6) is 0.199. The van der Waals surface area contributed by atoms with Crippen molar-refractivity contribution in [2.75, 3.05) is 0 Å². The number of hydrogen-bond donors (Lipinski definition) is 1. The Balaban J connectivity index is 2.73. The molecule has 2 atom stereocenters. The fourth-order valence-corrected chi connectivity index (χ4v) is 1.58. The van der Waals surface area contributed by atoms with Crippen LogP contribution in [0.25, 0.3) is 0 Å². The Kier molecular flexibility index (Phi) is 4.75. The highest BCUT2D eigenvalue weighted by Gasteiger charge is 2.13. The minimum atomic E-state index is -0.356. The lowest BCUT2D eigenvalue weighted by atomic mass is 10.0. The van der Waals surface area contributed by atoms with Gasteiger partial charge in [-0.3, -0.25) is 0 Å². The zero-order chi connectivity index (χ0) is 12.3. The highest BCUT2D eigenvalue weighted by Crippen LogP contribution is 2.21. The molecule has 2 unspecified atom stereocenters. The highest BCUT2D eigenvalue weighted by atomic mass is 35.5. The second kappa shape index (κ2) is 5.65. The van der Waals surface area contributed by atoms with Gasteiger partial charge in [0.1, 0.15) is 5.82 Å². The molecule has 0 aliphatic carbocycles. The lowest BCUT2D eigenvalue weighted by Gasteiger charge is -2.23. The minimum absolute atomic E-state index is 0.129. The molecule has 0 fully saturated rings. The molecule has 0 saturated heterocycles. The number of benzene rings is 1. The third kappa shape index (κ3) is 3.46. The van der Waals surface area contributed by atoms with Crippen molar-refractivity contribution in [3.05, 3.63) is 34.6 Å². The Labute approximate surface area is 102 Å². The Hall–Kier alpha value is -0.600. The van der Waals surface area contributed by atoms with E-state index >= 15 is 0 Å². The first-order chi connectivity index (χ1) is 7.41. The molecule has 0 radical (unpaired) electrons. The SMILES string of the molecule is CC(NC(C)C(C)C)c1ccc(Cl)c(F)c1. The maximum atomic E-state index is 13.3. The molecule has 0 aliphatic rings. The summed E-state index contributed by atoms with van der Waals surface area (Å²) < 4.78 is 13.3. The number of nitrogens with one attached hydrogen (secondary N) is 1. The smallest absolute Gasteiger partial charge is 0.142 e. The van der Waals surface area contributed by atoms with Gasteiger partial charge >= 0.3 is 0 Å². The quantitative estimate of drug-likeness (QED) is 0.837. The van der Waals surface area contributed by atoms with Crippen LogP contribution in [0.4, 0.5) is 4.39 Å². The van der Waals surface area contributed by atoms with Gasteiger partial charge in [-0.2, -0.15) is 0 Å². The predicted molar refractivity (Wildman–Crippen MR) is 67.3 cm³/mol. The van der Waals surface area contributed by atoms with Crippen molar-refractivity contribution in [1.82, 2.24) is 5.32 Å². The van der Waals surface area contributed by atoms with Gasteiger partial charge in [-0.05, 0) is 37.5 Å². The van der Waals surface area contributed by atoms with E-state index in [0.29, 0.717) is 12.0 Å². The van der Waals surface area contributed by atoms with Gasteiger partial charge < -0.3 is 5.32 Å². The Morgan fingerprint density at radius 2 is 1.81 bits per heavy atom. The Bertz CT molecular complexity index is 352. The summed E-state index contributed by atoms with van der Waals surface area (Å²) >= 11 is 5.65. The fourth-order valence-electron chi connectivity index (χ4n) is 1.46. The Morgan fingerprint density at radius 1 is 1.19 bits per heavy atom. The van der Waals surface area contributed by atoms with E-state index in [4.69, 9.17) is 11.6 Å². The molecule has 3 heteroatoms. The van der Waals surface area contributed by atoms with Gasteiger partial charge in [-0.1, -0.05) is 31.5 Å². The van der Waals surface area contributed by atoms with Crippen LogP contribution in [0.15, 0.2) is 18.2 Å². The van der Waals surface area contributed by atoms with Crippen molar-refractivity contribution < 1.29 is 4.39 Å². The van der Waals surface area contributed by atoms with Crippen molar-refractivity contribution in [3.63, 3.8) is 0 Å². The molecule has 1 rings (SSSR count). The lowest BCUT2D eigenvalue weighted by Crippen LogP contribution is -2.33. The van der Waals surface area contributed by atoms with E-state index in [1.807, 2.05) is 13.0 Å². The van der Waals surface area contributed by atoms with E-state index < -0.39 is 0 Å². The van der Waals surface area contributed by atoms with Crippen molar-refractivity contribution in [2.45, 2.75) is 39.8 Å². The van der Waals surface area contributed by atoms with E-state index in [0.717, 1.165) is 5.56 Å². The van der Waals surface area contributed by atoms with Crippen LogP contribution in [0.2, 0.25) is 5.02 Å². The third-order valence-corrected chi connectivity index (χ3v) is 3.26. The van der Waals surface area contributed by atoms with E-state index in [2.05, 4.69) is 26.1 Å². The van der Waals surface area contributed by atoms with Crippen molar-refractivity contribution in [2.24, 2.45) is 5.92 Å². The van der Waals surface area contributed by atoms with Crippen molar-refractivity contribution >= 4 is 11.6 Å². The van der Waals surface area contributed by atoms with Crippen LogP contribution in [0.3, 0.4) is 0 Å². The molecular weight excluding hydrogens is 225 g/mol. The van der Waals surface area contributed by atoms with Crippen LogP contribution in [-0.2, 0) is 0 Å². The molecule has 0 aliphatic heterocycles. The summed E-state index contributed by atoms with van der Waals surface area (Å²) in [4.78, 5) is 0. The van der Waals surface area contributed by atoms with Gasteiger partial charge in [0, 0.05) is 12.1 Å². The first-order valence-electron chi connectivity index (χ1n) is 5.62. The first-order valence-corrected chi connectivity index (χ1v) is 6.00. The molecule has 16 heavy (non-hydrogen) atoms. The second-order valence-electron chi connectivity index (χ2n) is 4.59. The molecule has 0 spiro atoms. The standard InChI is InChI=1S/C13H19ClFN/c1-8(2)9(3)16-10(4)11-5-6-12(14)13(15)7-11/h5-10,16H,1-4H3. The molecule has 1 nitrogen and oxygen atoms in total. The summed E-state index contributed by atoms with van der Waals surface area (Å²) in [5, 5.41) is 3.61. The van der Waals surface area contributed by atoms with Gasteiger partial charge in [0.15, 0.2) is 0 Å². The van der Waals surface area contributed by atoms with Crippen LogP contribution < -0.4 is 5.32 Å². The summed E-state index contributed by atoms with van der Waals surface area (Å²) in [6.07, 6.45) is 0. The molecule has 90 valence electrons. The molecular formula is C13H19ClFN. The molecule has 1 aromatic carbocycles. The fraction of sp³-hybridized carbons (Fsp3) is 0.538. The van der Waals surface area contributed by atoms with Gasteiger partial charge in [-0.15, -0.1) is 0 Å². The van der Waals surface area contributed by atoms with Gasteiger partial charge in [0.05, 0.1) is 5.02 Å². The van der Waals surface area contributed by atoms with Crippen LogP contribution in [0.1, 0.15) is 39.3 Å². The number of rotatable bonds is 4. The summed E-state index contributed by atoms with van der Waals surface area (Å²) in [5.41, 5.74) is 0.925. The lowest BCUT2D eigenvalue weighted by molar-refractivity contribution is 0.388. The maximum Gasteiger partial charge on any atom is 0.142 e. The second-order valence-corrected chi connectivity index (χ2v) is 5.00. The largest absolute Gasteiger partial charge is 0.307 e. The average Bonchev–Trinajstić information content (AvgIpc) is 2.21. The summed E-state index contributed by atoms with van der Waals surface area (Å²) in [7, 11) is 0. The van der Waals surface area contributed by atoms with Crippen LogP contribution in [0.5, 0.6) is 0 Å². The zero-order valence-electron chi connectivity index (χ0n) is 10.2. The summed E-state index contributed by atoms with van der Waals surface area (Å²) in [6, 6.07) is 5.48. The number of halogens is 2. The summed E-state index contributed by atoms with van der Waals surface area (Å²) in [6.45, 7) is 8.48. The predicted octanol–water partition coefficient (Wildman–Crippen LogP) is 4.17. The highest BCUT2D eigenvalue weighted by molar-refractivity contribution is 6.30. The molecule has 1 aromatic rings. The van der Waals surface area contributed by atoms with Crippen LogP contribution in [0, 0.1) is 11.7 Å². The third-order valence-electron chi connectivity index (χ3n) is 2.96. The molecule has 0 bridgehead atoms. The van der Waals surface area contributed by atoms with E-state index in [9.17, 15) is 4.39 Å². The van der Waals surface area contributed by atoms with Gasteiger partial charge in [0.25, 0.3) is 0 Å². The Morgan fingerprint density at radius 3 is 2.31 bits per heavy atom. The van der Waals surface area contributed by atoms with Crippen molar-refractivity contribution in [1.29, 1.82) is 0 Å². The molecule has 0 saturated carbocycles. The van der Waals surface area contributed by atoms with Crippen molar-refractivity contribution in [3.8, 4) is 0 Å². The topological polar surface area (TPSA) is 12.0 Å². The van der Waals surface area contributed by atoms with Gasteiger partial charge in [-0.25, -0.2) is 4.39 Å². The first kappa shape index (κ1) is 13.5.